The Morgan fingerprint density at radius 2 is 1.71 bits per heavy atom. The average Bonchev–Trinajstić information content (AvgIpc) is 3.24. The van der Waals surface area contributed by atoms with Crippen LogP contribution in [0.1, 0.15) is 22.9 Å². The minimum absolute atomic E-state index is 0.154. The highest BCUT2D eigenvalue weighted by molar-refractivity contribution is 6.39. The molecule has 0 fully saturated rings. The second-order valence-electron chi connectivity index (χ2n) is 8.29. The molecule has 0 radical (unpaired) electrons. The lowest BCUT2D eigenvalue weighted by atomic mass is 9.98. The Morgan fingerprint density at radius 3 is 2.37 bits per heavy atom. The second-order valence-corrected chi connectivity index (χ2v) is 8.29. The monoisotopic (exact) mass is 486 g/mol. The van der Waals surface area contributed by atoms with Crippen molar-refractivity contribution in [3.63, 3.8) is 0 Å². The maximum atomic E-state index is 12.5. The van der Waals surface area contributed by atoms with Crippen molar-refractivity contribution in [2.45, 2.75) is 25.4 Å². The predicted octanol–water partition coefficient (Wildman–Crippen LogP) is 3.78. The Bertz CT molecular complexity index is 1190. The lowest BCUT2D eigenvalue weighted by Crippen LogP contribution is -2.44. The van der Waals surface area contributed by atoms with Crippen LogP contribution in [0.5, 0.6) is 5.75 Å². The van der Waals surface area contributed by atoms with E-state index < -0.39 is 23.9 Å². The van der Waals surface area contributed by atoms with Crippen LogP contribution in [0.3, 0.4) is 0 Å². The molecule has 0 bridgehead atoms. The minimum atomic E-state index is -4.81. The van der Waals surface area contributed by atoms with Crippen LogP contribution in [0, 0.1) is 0 Å². The summed E-state index contributed by atoms with van der Waals surface area (Å²) in [4.78, 5) is 27.2. The molecular formula is C25H25F3N4O3. The van der Waals surface area contributed by atoms with Crippen molar-refractivity contribution in [2.75, 3.05) is 18.4 Å². The van der Waals surface area contributed by atoms with E-state index >= 15 is 0 Å². The summed E-state index contributed by atoms with van der Waals surface area (Å²) < 4.78 is 42.7. The van der Waals surface area contributed by atoms with Crippen LogP contribution in [0.25, 0.3) is 0 Å². The van der Waals surface area contributed by atoms with Crippen LogP contribution in [0.15, 0.2) is 66.9 Å². The molecule has 35 heavy (non-hydrogen) atoms. The van der Waals surface area contributed by atoms with Gasteiger partial charge in [0, 0.05) is 44.3 Å². The molecule has 1 atom stereocenters. The molecule has 4 rings (SSSR count). The molecular weight excluding hydrogens is 461 g/mol. The smallest absolute Gasteiger partial charge is 0.406 e. The molecule has 1 aromatic heterocycles. The molecule has 1 unspecified atom stereocenters. The van der Waals surface area contributed by atoms with E-state index in [-0.39, 0.29) is 18.3 Å². The molecule has 0 aliphatic carbocycles. The third kappa shape index (κ3) is 6.21. The molecule has 0 spiro atoms. The summed E-state index contributed by atoms with van der Waals surface area (Å²) in [5, 5.41) is 5.09. The first-order valence-electron chi connectivity index (χ1n) is 11.1. The van der Waals surface area contributed by atoms with Gasteiger partial charge in [-0.3, -0.25) is 14.5 Å². The quantitative estimate of drug-likeness (QED) is 0.520. The highest BCUT2D eigenvalue weighted by Gasteiger charge is 2.31. The van der Waals surface area contributed by atoms with Gasteiger partial charge in [-0.05, 0) is 53.9 Å². The number of hydrogen-bond acceptors (Lipinski definition) is 4. The zero-order valence-electron chi connectivity index (χ0n) is 19.0. The van der Waals surface area contributed by atoms with Crippen LogP contribution < -0.4 is 15.4 Å². The van der Waals surface area contributed by atoms with E-state index in [9.17, 15) is 22.8 Å². The molecule has 7 nitrogen and oxygen atoms in total. The number of carbonyl (C=O) groups excluding carboxylic acids is 2. The number of hydrogen-bond donors (Lipinski definition) is 2. The number of nitrogens with zero attached hydrogens (tertiary/aromatic N) is 2. The van der Waals surface area contributed by atoms with Gasteiger partial charge in [-0.1, -0.05) is 24.3 Å². The first-order chi connectivity index (χ1) is 16.7. The number of ether oxygens (including phenoxy) is 1. The summed E-state index contributed by atoms with van der Waals surface area (Å²) in [5.74, 6) is -2.17. The van der Waals surface area contributed by atoms with Crippen LogP contribution in [0.2, 0.25) is 0 Å². The SMILES string of the molecule is Cn1cccc1C(CNC(=O)C(=O)Nc1ccc(OC(F)(F)F)cc1)N1CCc2ccccc2C1. The fourth-order valence-corrected chi connectivity index (χ4v) is 4.22. The number of nitrogens with one attached hydrogen (secondary N) is 2. The first kappa shape index (κ1) is 24.3. The van der Waals surface area contributed by atoms with Crippen LogP contribution in [0.4, 0.5) is 18.9 Å². The molecule has 0 saturated heterocycles. The van der Waals surface area contributed by atoms with E-state index in [0.717, 1.165) is 37.3 Å². The topological polar surface area (TPSA) is 75.6 Å². The molecule has 1 aliphatic rings. The third-order valence-electron chi connectivity index (χ3n) is 5.93. The van der Waals surface area contributed by atoms with Gasteiger partial charge in [0.05, 0.1) is 6.04 Å². The Balaban J connectivity index is 1.39. The Morgan fingerprint density at radius 1 is 1.00 bits per heavy atom. The first-order valence-corrected chi connectivity index (χ1v) is 11.1. The molecule has 2 aromatic carbocycles. The standard InChI is InChI=1S/C25H25F3N4O3/c1-31-13-4-7-21(31)22(32-14-12-17-5-2-3-6-18(17)16-32)15-29-23(33)24(34)30-19-8-10-20(11-9-19)35-25(26,27)28/h2-11,13,22H,12,14-16H2,1H3,(H,29,33)(H,30,34). The third-order valence-corrected chi connectivity index (χ3v) is 5.93. The summed E-state index contributed by atoms with van der Waals surface area (Å²) in [6.45, 7) is 1.74. The number of rotatable bonds is 6. The van der Waals surface area contributed by atoms with Gasteiger partial charge in [0.15, 0.2) is 0 Å². The fraction of sp³-hybridized carbons (Fsp3) is 0.280. The van der Waals surface area contributed by atoms with E-state index in [0.29, 0.717) is 0 Å². The highest BCUT2D eigenvalue weighted by atomic mass is 19.4. The molecule has 3 aromatic rings. The van der Waals surface area contributed by atoms with Crippen molar-refractivity contribution in [1.29, 1.82) is 0 Å². The number of anilines is 1. The number of aryl methyl sites for hydroxylation is 1. The summed E-state index contributed by atoms with van der Waals surface area (Å²) >= 11 is 0. The summed E-state index contributed by atoms with van der Waals surface area (Å²) in [5.41, 5.74) is 3.72. The Labute approximate surface area is 200 Å². The lowest BCUT2D eigenvalue weighted by Gasteiger charge is -2.36. The predicted molar refractivity (Wildman–Crippen MR) is 123 cm³/mol. The number of halogens is 3. The number of fused-ring (bicyclic) bond motifs is 1. The maximum absolute atomic E-state index is 12.5. The molecule has 2 amide bonds. The number of aromatic nitrogens is 1. The number of benzene rings is 2. The van der Waals surface area contributed by atoms with Crippen molar-refractivity contribution < 1.29 is 27.5 Å². The van der Waals surface area contributed by atoms with Crippen molar-refractivity contribution in [1.82, 2.24) is 14.8 Å². The molecule has 10 heteroatoms. The lowest BCUT2D eigenvalue weighted by molar-refractivity contribution is -0.274. The van der Waals surface area contributed by atoms with Crippen LogP contribution >= 0.6 is 0 Å². The van der Waals surface area contributed by atoms with E-state index in [1.807, 2.05) is 42.1 Å². The normalized spacial score (nSPS) is 14.6. The molecule has 0 saturated carbocycles. The minimum Gasteiger partial charge on any atom is -0.406 e. The van der Waals surface area contributed by atoms with Gasteiger partial charge in [0.25, 0.3) is 0 Å². The van der Waals surface area contributed by atoms with E-state index in [1.54, 1.807) is 0 Å². The van der Waals surface area contributed by atoms with Crippen LogP contribution in [-0.2, 0) is 29.6 Å². The van der Waals surface area contributed by atoms with E-state index in [4.69, 9.17) is 0 Å². The maximum Gasteiger partial charge on any atom is 0.573 e. The van der Waals surface area contributed by atoms with Gasteiger partial charge in [-0.15, -0.1) is 13.2 Å². The van der Waals surface area contributed by atoms with Crippen molar-refractivity contribution in [3.8, 4) is 5.75 Å². The van der Waals surface area contributed by atoms with Gasteiger partial charge in [0.2, 0.25) is 0 Å². The van der Waals surface area contributed by atoms with E-state index in [1.165, 1.54) is 23.3 Å². The highest BCUT2D eigenvalue weighted by Crippen LogP contribution is 2.28. The number of amides is 2. The summed E-state index contributed by atoms with van der Waals surface area (Å²) in [7, 11) is 1.93. The van der Waals surface area contributed by atoms with Crippen molar-refractivity contribution in [2.24, 2.45) is 7.05 Å². The molecule has 2 heterocycles. The Kier molecular flexibility index (Phi) is 7.11. The van der Waals surface area contributed by atoms with Gasteiger partial charge < -0.3 is 19.9 Å². The molecule has 2 N–H and O–H groups in total. The molecule has 184 valence electrons. The number of alkyl halides is 3. The van der Waals surface area contributed by atoms with E-state index in [2.05, 4.69) is 32.4 Å². The van der Waals surface area contributed by atoms with Gasteiger partial charge in [-0.25, -0.2) is 0 Å². The van der Waals surface area contributed by atoms with Gasteiger partial charge in [-0.2, -0.15) is 0 Å². The van der Waals surface area contributed by atoms with Crippen molar-refractivity contribution >= 4 is 17.5 Å². The average molecular weight is 486 g/mol. The van der Waals surface area contributed by atoms with Gasteiger partial charge in [0.1, 0.15) is 5.75 Å². The van der Waals surface area contributed by atoms with Gasteiger partial charge >= 0.3 is 18.2 Å². The largest absolute Gasteiger partial charge is 0.573 e. The summed E-state index contributed by atoms with van der Waals surface area (Å²) in [6.07, 6.45) is -1.99. The number of carbonyl (C=O) groups is 2. The fourth-order valence-electron chi connectivity index (χ4n) is 4.22. The zero-order chi connectivity index (χ0) is 25.0. The molecule has 1 aliphatic heterocycles. The second kappa shape index (κ2) is 10.2. The summed E-state index contributed by atoms with van der Waals surface area (Å²) in [6, 6.07) is 16.6. The Hall–Kier alpha value is -3.79. The van der Waals surface area contributed by atoms with Crippen molar-refractivity contribution in [3.05, 3.63) is 83.7 Å². The zero-order valence-corrected chi connectivity index (χ0v) is 19.0. The van der Waals surface area contributed by atoms with Crippen LogP contribution in [-0.4, -0.2) is 40.7 Å².